The minimum Gasteiger partial charge on any atom is -0.399 e. The summed E-state index contributed by atoms with van der Waals surface area (Å²) in [5.74, 6) is 0. The molecule has 0 aromatic heterocycles. The molecule has 0 aliphatic heterocycles. The fraction of sp³-hybridized carbons (Fsp3) is 0. The molecule has 3 N–H and O–H groups in total. The van der Waals surface area contributed by atoms with Gasteiger partial charge in [0.05, 0.1) is 11.1 Å². The lowest BCUT2D eigenvalue weighted by molar-refractivity contribution is 0.483. The van der Waals surface area contributed by atoms with Crippen molar-refractivity contribution in [2.75, 3.05) is 5.73 Å². The maximum atomic E-state index is 10.9. The molecule has 0 saturated heterocycles. The summed E-state index contributed by atoms with van der Waals surface area (Å²) in [7, 11) is -4.55. The minimum atomic E-state index is -4.55. The van der Waals surface area contributed by atoms with Crippen LogP contribution in [0, 0.1) is 22.7 Å². The van der Waals surface area contributed by atoms with E-state index in [2.05, 4.69) is 0 Å². The first-order valence-electron chi connectivity index (χ1n) is 3.61. The van der Waals surface area contributed by atoms with Gasteiger partial charge in [-0.05, 0) is 12.1 Å². The van der Waals surface area contributed by atoms with Crippen molar-refractivity contribution in [1.29, 1.82) is 10.5 Å². The van der Waals surface area contributed by atoms with E-state index in [0.29, 0.717) is 0 Å². The Balaban J connectivity index is 3.77. The molecule has 0 aliphatic rings. The van der Waals surface area contributed by atoms with Crippen molar-refractivity contribution in [1.82, 2.24) is 0 Å². The summed E-state index contributed by atoms with van der Waals surface area (Å²) in [5.41, 5.74) is 4.71. The number of nitrogens with zero attached hydrogens (tertiary/aromatic N) is 2. The zero-order chi connectivity index (χ0) is 11.6. The summed E-state index contributed by atoms with van der Waals surface area (Å²) in [4.78, 5) is -0.651. The SMILES string of the molecule is N#Cc1cc(N)cc(S(=O)(=O)O)c1C#N. The van der Waals surface area contributed by atoms with Gasteiger partial charge in [-0.3, -0.25) is 4.55 Å². The molecule has 0 fully saturated rings. The van der Waals surface area contributed by atoms with Crippen molar-refractivity contribution in [3.05, 3.63) is 23.3 Å². The third-order valence-electron chi connectivity index (χ3n) is 1.63. The van der Waals surface area contributed by atoms with E-state index in [9.17, 15) is 8.42 Å². The molecule has 6 nitrogen and oxygen atoms in total. The second-order valence-corrected chi connectivity index (χ2v) is 4.03. The van der Waals surface area contributed by atoms with Crippen LogP contribution in [-0.2, 0) is 10.1 Å². The van der Waals surface area contributed by atoms with Gasteiger partial charge < -0.3 is 5.73 Å². The van der Waals surface area contributed by atoms with Gasteiger partial charge in [-0.15, -0.1) is 0 Å². The predicted octanol–water partition coefficient (Wildman–Crippen LogP) is 0.259. The van der Waals surface area contributed by atoms with Crippen LogP contribution < -0.4 is 5.73 Å². The third-order valence-corrected chi connectivity index (χ3v) is 2.51. The molecular weight excluding hydrogens is 218 g/mol. The lowest BCUT2D eigenvalue weighted by atomic mass is 10.1. The van der Waals surface area contributed by atoms with Gasteiger partial charge in [-0.25, -0.2) is 0 Å². The van der Waals surface area contributed by atoms with Crippen LogP contribution in [0.3, 0.4) is 0 Å². The number of nitrogen functional groups attached to an aromatic ring is 1. The Hall–Kier alpha value is -2.09. The molecule has 15 heavy (non-hydrogen) atoms. The highest BCUT2D eigenvalue weighted by Gasteiger charge is 2.19. The second-order valence-electron chi connectivity index (χ2n) is 2.64. The summed E-state index contributed by atoms with van der Waals surface area (Å²) >= 11 is 0. The largest absolute Gasteiger partial charge is 0.399 e. The Labute approximate surface area is 85.9 Å². The fourth-order valence-corrected chi connectivity index (χ4v) is 1.74. The van der Waals surface area contributed by atoms with Crippen LogP contribution in [0.2, 0.25) is 0 Å². The lowest BCUT2D eigenvalue weighted by Crippen LogP contribution is -2.04. The van der Waals surface area contributed by atoms with Gasteiger partial charge in [0, 0.05) is 5.69 Å². The molecule has 0 unspecified atom stereocenters. The summed E-state index contributed by atoms with van der Waals surface area (Å²) in [6.45, 7) is 0. The van der Waals surface area contributed by atoms with Crippen LogP contribution in [0.4, 0.5) is 5.69 Å². The van der Waals surface area contributed by atoms with Gasteiger partial charge in [0.2, 0.25) is 0 Å². The zero-order valence-corrected chi connectivity index (χ0v) is 8.11. The summed E-state index contributed by atoms with van der Waals surface area (Å²) in [6, 6.07) is 5.24. The molecule has 0 bridgehead atoms. The van der Waals surface area contributed by atoms with Crippen molar-refractivity contribution in [3.63, 3.8) is 0 Å². The zero-order valence-electron chi connectivity index (χ0n) is 7.30. The van der Waals surface area contributed by atoms with E-state index in [1.54, 1.807) is 6.07 Å². The first kappa shape index (κ1) is 11.0. The third kappa shape index (κ3) is 2.05. The van der Waals surface area contributed by atoms with Gasteiger partial charge in [0.25, 0.3) is 10.1 Å². The van der Waals surface area contributed by atoms with Crippen molar-refractivity contribution in [3.8, 4) is 12.1 Å². The van der Waals surface area contributed by atoms with Crippen molar-refractivity contribution in [2.45, 2.75) is 4.90 Å². The number of nitrogens with two attached hydrogens (primary N) is 1. The van der Waals surface area contributed by atoms with E-state index in [1.165, 1.54) is 6.07 Å². The van der Waals surface area contributed by atoms with E-state index in [4.69, 9.17) is 20.8 Å². The van der Waals surface area contributed by atoms with Crippen LogP contribution in [0.5, 0.6) is 0 Å². The molecular formula is C8H5N3O3S. The van der Waals surface area contributed by atoms with E-state index < -0.39 is 20.6 Å². The fourth-order valence-electron chi connectivity index (χ4n) is 1.04. The summed E-state index contributed by atoms with van der Waals surface area (Å²) in [5, 5.41) is 17.3. The molecule has 0 aliphatic carbocycles. The number of nitriles is 2. The Morgan fingerprint density at radius 1 is 1.27 bits per heavy atom. The maximum absolute atomic E-state index is 10.9. The van der Waals surface area contributed by atoms with Crippen LogP contribution in [0.1, 0.15) is 11.1 Å². The maximum Gasteiger partial charge on any atom is 0.295 e. The van der Waals surface area contributed by atoms with Crippen LogP contribution >= 0.6 is 0 Å². The van der Waals surface area contributed by atoms with Crippen LogP contribution in [0.25, 0.3) is 0 Å². The first-order valence-corrected chi connectivity index (χ1v) is 5.05. The van der Waals surface area contributed by atoms with Gasteiger partial charge in [0.15, 0.2) is 0 Å². The Morgan fingerprint density at radius 3 is 2.27 bits per heavy atom. The molecule has 0 radical (unpaired) electrons. The highest BCUT2D eigenvalue weighted by atomic mass is 32.2. The number of benzene rings is 1. The predicted molar refractivity (Wildman–Crippen MR) is 50.1 cm³/mol. The quantitative estimate of drug-likeness (QED) is 0.519. The molecule has 1 aromatic carbocycles. The van der Waals surface area contributed by atoms with E-state index >= 15 is 0 Å². The molecule has 76 valence electrons. The van der Waals surface area contributed by atoms with Crippen molar-refractivity contribution in [2.24, 2.45) is 0 Å². The summed E-state index contributed by atoms with van der Waals surface area (Å²) < 4.78 is 30.5. The highest BCUT2D eigenvalue weighted by molar-refractivity contribution is 7.85. The van der Waals surface area contributed by atoms with Crippen LogP contribution in [0.15, 0.2) is 17.0 Å². The van der Waals surface area contributed by atoms with Crippen molar-refractivity contribution >= 4 is 15.8 Å². The average Bonchev–Trinajstić information content (AvgIpc) is 2.15. The Morgan fingerprint density at radius 2 is 1.87 bits per heavy atom. The number of hydrogen-bond donors (Lipinski definition) is 2. The lowest BCUT2D eigenvalue weighted by Gasteiger charge is -2.03. The number of rotatable bonds is 1. The van der Waals surface area contributed by atoms with E-state index in [-0.39, 0.29) is 11.3 Å². The minimum absolute atomic E-state index is 0.0156. The molecule has 0 atom stereocenters. The second kappa shape index (κ2) is 3.58. The van der Waals surface area contributed by atoms with Crippen LogP contribution in [-0.4, -0.2) is 13.0 Å². The van der Waals surface area contributed by atoms with E-state index in [1.807, 2.05) is 0 Å². The molecule has 0 saturated carbocycles. The first-order chi connectivity index (χ1) is 6.90. The highest BCUT2D eigenvalue weighted by Crippen LogP contribution is 2.22. The van der Waals surface area contributed by atoms with Gasteiger partial charge in [0.1, 0.15) is 17.0 Å². The Bertz CT molecular complexity index is 593. The van der Waals surface area contributed by atoms with Crippen molar-refractivity contribution < 1.29 is 13.0 Å². The smallest absolute Gasteiger partial charge is 0.295 e. The molecule has 0 spiro atoms. The number of hydrogen-bond acceptors (Lipinski definition) is 5. The number of anilines is 1. The normalized spacial score (nSPS) is 10.3. The molecule has 1 rings (SSSR count). The molecule has 0 amide bonds. The van der Waals surface area contributed by atoms with E-state index in [0.717, 1.165) is 12.1 Å². The topological polar surface area (TPSA) is 128 Å². The molecule has 0 heterocycles. The molecule has 7 heteroatoms. The summed E-state index contributed by atoms with van der Waals surface area (Å²) in [6.07, 6.45) is 0. The Kier molecular flexibility index (Phi) is 2.62. The average molecular weight is 223 g/mol. The standard InChI is InChI=1S/C8H5N3O3S/c9-3-5-1-6(11)2-8(7(5)4-10)15(12,13)14/h1-2H,11H2,(H,12,13,14). The van der Waals surface area contributed by atoms with Gasteiger partial charge in [-0.2, -0.15) is 18.9 Å². The monoisotopic (exact) mass is 223 g/mol. The van der Waals surface area contributed by atoms with Gasteiger partial charge >= 0.3 is 0 Å². The van der Waals surface area contributed by atoms with Gasteiger partial charge in [-0.1, -0.05) is 0 Å². The molecule has 1 aromatic rings.